The summed E-state index contributed by atoms with van der Waals surface area (Å²) in [7, 11) is 3.42. The second-order valence-electron chi connectivity index (χ2n) is 2.77. The molecule has 0 aromatic carbocycles. The van der Waals surface area contributed by atoms with E-state index in [0.717, 1.165) is 0 Å². The number of aliphatic hydroxyl groups excluding tert-OH is 1. The highest BCUT2D eigenvalue weighted by atomic mass is 35.5. The Bertz CT molecular complexity index is 135. The van der Waals surface area contributed by atoms with Crippen molar-refractivity contribution < 1.29 is 14.6 Å². The fourth-order valence-corrected chi connectivity index (χ4v) is 1.44. The van der Waals surface area contributed by atoms with Crippen LogP contribution < -0.4 is 0 Å². The number of rotatable bonds is 2. The lowest BCUT2D eigenvalue weighted by Gasteiger charge is -2.12. The van der Waals surface area contributed by atoms with Crippen LogP contribution in [0.2, 0.25) is 0 Å². The summed E-state index contributed by atoms with van der Waals surface area (Å²) < 4.78 is 10.2. The van der Waals surface area contributed by atoms with Gasteiger partial charge < -0.3 is 14.6 Å². The van der Waals surface area contributed by atoms with Crippen LogP contribution >= 0.6 is 11.6 Å². The van der Waals surface area contributed by atoms with Gasteiger partial charge in [0.1, 0.15) is 20.1 Å². The van der Waals surface area contributed by atoms with Crippen molar-refractivity contribution >= 4 is 19.4 Å². The highest BCUT2D eigenvalue weighted by molar-refractivity contribution is 6.27. The van der Waals surface area contributed by atoms with Gasteiger partial charge in [-0.15, -0.1) is 11.6 Å². The van der Waals surface area contributed by atoms with Gasteiger partial charge in [0.15, 0.2) is 0 Å². The molecule has 0 saturated carbocycles. The number of hydrogen-bond donors (Lipinski definition) is 1. The maximum Gasteiger partial charge on any atom is 0.141 e. The van der Waals surface area contributed by atoms with E-state index in [2.05, 4.69) is 0 Å². The Hall–Kier alpha value is 0.235. The SMILES string of the molecule is B[C@@H]1O[C@H](COC)[C@@H](O)[C@H]1Cl. The Morgan fingerprint density at radius 3 is 2.73 bits per heavy atom. The molecule has 1 N–H and O–H groups in total. The number of aliphatic hydroxyl groups is 1. The second-order valence-corrected chi connectivity index (χ2v) is 3.27. The molecular weight excluding hydrogens is 166 g/mol. The highest BCUT2D eigenvalue weighted by Gasteiger charge is 2.39. The Labute approximate surface area is 72.0 Å². The summed E-state index contributed by atoms with van der Waals surface area (Å²) in [5, 5.41) is 9.11. The van der Waals surface area contributed by atoms with Gasteiger partial charge >= 0.3 is 0 Å². The van der Waals surface area contributed by atoms with E-state index in [1.54, 1.807) is 7.11 Å². The smallest absolute Gasteiger partial charge is 0.141 e. The third-order valence-corrected chi connectivity index (χ3v) is 2.49. The van der Waals surface area contributed by atoms with Crippen LogP contribution in [0.5, 0.6) is 0 Å². The van der Waals surface area contributed by atoms with Gasteiger partial charge in [-0.2, -0.15) is 0 Å². The molecule has 0 spiro atoms. The van der Waals surface area contributed by atoms with Gasteiger partial charge in [0.05, 0.1) is 12.0 Å². The average Bonchev–Trinajstić information content (AvgIpc) is 2.19. The predicted octanol–water partition coefficient (Wildman–Crippen LogP) is -1.04. The molecule has 1 aliphatic heterocycles. The molecule has 5 heteroatoms. The first-order valence-electron chi connectivity index (χ1n) is 3.63. The minimum Gasteiger partial charge on any atom is -0.389 e. The van der Waals surface area contributed by atoms with Crippen molar-refractivity contribution in [1.82, 2.24) is 0 Å². The fourth-order valence-electron chi connectivity index (χ4n) is 1.22. The molecule has 1 aliphatic rings. The molecule has 0 bridgehead atoms. The topological polar surface area (TPSA) is 38.7 Å². The molecule has 0 unspecified atom stereocenters. The van der Waals surface area contributed by atoms with Crippen molar-refractivity contribution in [1.29, 1.82) is 0 Å². The van der Waals surface area contributed by atoms with E-state index in [9.17, 15) is 5.11 Å². The first-order valence-corrected chi connectivity index (χ1v) is 4.07. The van der Waals surface area contributed by atoms with Gasteiger partial charge in [0.2, 0.25) is 0 Å². The maximum absolute atomic E-state index is 9.42. The molecule has 4 atom stereocenters. The van der Waals surface area contributed by atoms with Crippen LogP contribution in [0.3, 0.4) is 0 Å². The van der Waals surface area contributed by atoms with Gasteiger partial charge in [0.25, 0.3) is 0 Å². The summed E-state index contributed by atoms with van der Waals surface area (Å²) in [6.07, 6.45) is -0.871. The molecule has 0 radical (unpaired) electrons. The van der Waals surface area contributed by atoms with Crippen molar-refractivity contribution in [3.8, 4) is 0 Å². The van der Waals surface area contributed by atoms with Crippen LogP contribution in [0.1, 0.15) is 0 Å². The largest absolute Gasteiger partial charge is 0.389 e. The predicted molar refractivity (Wildman–Crippen MR) is 44.7 cm³/mol. The number of hydrogen-bond acceptors (Lipinski definition) is 3. The van der Waals surface area contributed by atoms with Gasteiger partial charge in [-0.1, -0.05) is 0 Å². The Morgan fingerprint density at radius 2 is 2.36 bits per heavy atom. The summed E-state index contributed by atoms with van der Waals surface area (Å²) in [5.41, 5.74) is 0. The Balaban J connectivity index is 2.45. The lowest BCUT2D eigenvalue weighted by molar-refractivity contribution is -0.0173. The normalized spacial score (nSPS) is 44.6. The summed E-state index contributed by atoms with van der Waals surface area (Å²) >= 11 is 5.81. The van der Waals surface area contributed by atoms with Crippen molar-refractivity contribution in [2.75, 3.05) is 13.7 Å². The third-order valence-electron chi connectivity index (χ3n) is 1.88. The fraction of sp³-hybridized carbons (Fsp3) is 1.00. The Morgan fingerprint density at radius 1 is 1.73 bits per heavy atom. The number of methoxy groups -OCH3 is 1. The molecule has 1 fully saturated rings. The molecule has 0 amide bonds. The molecule has 3 nitrogen and oxygen atoms in total. The van der Waals surface area contributed by atoms with E-state index in [1.165, 1.54) is 0 Å². The van der Waals surface area contributed by atoms with Crippen LogP contribution in [0.4, 0.5) is 0 Å². The summed E-state index contributed by atoms with van der Waals surface area (Å²) in [6.45, 7) is 0.398. The third kappa shape index (κ3) is 1.88. The highest BCUT2D eigenvalue weighted by Crippen LogP contribution is 2.23. The van der Waals surface area contributed by atoms with Crippen LogP contribution in [0.15, 0.2) is 0 Å². The van der Waals surface area contributed by atoms with E-state index >= 15 is 0 Å². The molecule has 0 aromatic rings. The molecule has 0 aromatic heterocycles. The number of halogens is 1. The van der Waals surface area contributed by atoms with Crippen LogP contribution in [0.25, 0.3) is 0 Å². The molecule has 0 aliphatic carbocycles. The maximum atomic E-state index is 9.42. The molecule has 1 saturated heterocycles. The van der Waals surface area contributed by atoms with Crippen LogP contribution in [0, 0.1) is 0 Å². The number of ether oxygens (including phenoxy) is 2. The summed E-state index contributed by atoms with van der Waals surface area (Å²) in [5.74, 6) is 0. The number of alkyl halides is 1. The molecule has 1 rings (SSSR count). The minimum atomic E-state index is -0.605. The van der Waals surface area contributed by atoms with Gasteiger partial charge in [-0.05, 0) is 0 Å². The van der Waals surface area contributed by atoms with Crippen molar-refractivity contribution in [2.24, 2.45) is 0 Å². The Kier molecular flexibility index (Phi) is 3.19. The van der Waals surface area contributed by atoms with E-state index < -0.39 is 6.10 Å². The van der Waals surface area contributed by atoms with Crippen LogP contribution in [-0.4, -0.2) is 50.3 Å². The van der Waals surface area contributed by atoms with Gasteiger partial charge in [-0.3, -0.25) is 0 Å². The monoisotopic (exact) mass is 178 g/mol. The first-order chi connectivity index (χ1) is 5.16. The van der Waals surface area contributed by atoms with E-state index in [-0.39, 0.29) is 17.5 Å². The quantitative estimate of drug-likeness (QED) is 0.434. The zero-order chi connectivity index (χ0) is 8.43. The summed E-state index contributed by atoms with van der Waals surface area (Å²) in [6, 6.07) is -0.0909. The lowest BCUT2D eigenvalue weighted by Crippen LogP contribution is -2.30. The molecule has 11 heavy (non-hydrogen) atoms. The first kappa shape index (κ1) is 9.32. The van der Waals surface area contributed by atoms with Crippen molar-refractivity contribution in [3.05, 3.63) is 0 Å². The molecule has 1 heterocycles. The van der Waals surface area contributed by atoms with Crippen LogP contribution in [-0.2, 0) is 9.47 Å². The summed E-state index contributed by atoms with van der Waals surface area (Å²) in [4.78, 5) is 0. The second kappa shape index (κ2) is 3.76. The average molecular weight is 178 g/mol. The van der Waals surface area contributed by atoms with E-state index in [0.29, 0.717) is 6.61 Å². The van der Waals surface area contributed by atoms with Gasteiger partial charge in [0, 0.05) is 13.1 Å². The minimum absolute atomic E-state index is 0.0909. The molecule has 64 valence electrons. The lowest BCUT2D eigenvalue weighted by atomic mass is 9.95. The molecular formula is C6H12BClO3. The zero-order valence-corrected chi connectivity index (χ0v) is 7.41. The van der Waals surface area contributed by atoms with Crippen molar-refractivity contribution in [3.63, 3.8) is 0 Å². The van der Waals surface area contributed by atoms with E-state index in [1.807, 2.05) is 7.85 Å². The van der Waals surface area contributed by atoms with Gasteiger partial charge in [-0.25, -0.2) is 0 Å². The standard InChI is InChI=1S/C6H12BClO3/c1-10-2-3-5(9)4(8)6(7)11-3/h3-6,9H,2,7H2,1H3/t3-,4-,5-,6-/m1/s1. The van der Waals surface area contributed by atoms with E-state index in [4.69, 9.17) is 21.1 Å². The zero-order valence-electron chi connectivity index (χ0n) is 6.66. The van der Waals surface area contributed by atoms with Crippen molar-refractivity contribution in [2.45, 2.75) is 23.6 Å².